The molecular formula is C26H27N5O3. The standard InChI is InChI=1S/C26H27N5O3/c1-3-23(32)17-10-11-22-21(14-17)29-25(20-9-4-5-12-27-20)31(22)19-8-6-7-18(15-19)28-26(33)24-13-16(2)30-34-24/h4-5,9-14,18-19H,3,6-8,15H2,1-2H3,(H,28,33). The fourth-order valence-corrected chi connectivity index (χ4v) is 4.78. The minimum atomic E-state index is -0.241. The molecule has 4 aromatic rings. The van der Waals surface area contributed by atoms with Gasteiger partial charge in [0.1, 0.15) is 5.69 Å². The van der Waals surface area contributed by atoms with Crippen LogP contribution in [0.2, 0.25) is 0 Å². The van der Waals surface area contributed by atoms with E-state index in [0.717, 1.165) is 48.2 Å². The maximum Gasteiger partial charge on any atom is 0.290 e. The number of carbonyl (C=O) groups is 2. The number of imidazole rings is 1. The molecule has 1 amide bonds. The van der Waals surface area contributed by atoms with Gasteiger partial charge in [0.2, 0.25) is 5.76 Å². The summed E-state index contributed by atoms with van der Waals surface area (Å²) in [6.07, 6.45) is 5.81. The monoisotopic (exact) mass is 457 g/mol. The van der Waals surface area contributed by atoms with Crippen LogP contribution in [-0.2, 0) is 0 Å². The molecular weight excluding hydrogens is 430 g/mol. The van der Waals surface area contributed by atoms with Gasteiger partial charge in [-0.1, -0.05) is 18.1 Å². The molecule has 3 aromatic heterocycles. The van der Waals surface area contributed by atoms with Gasteiger partial charge >= 0.3 is 0 Å². The van der Waals surface area contributed by atoms with Crippen molar-refractivity contribution in [2.75, 3.05) is 0 Å². The number of nitrogens with one attached hydrogen (secondary N) is 1. The number of nitrogens with zero attached hydrogens (tertiary/aromatic N) is 4. The van der Waals surface area contributed by atoms with Crippen LogP contribution in [0.1, 0.15) is 71.7 Å². The summed E-state index contributed by atoms with van der Waals surface area (Å²) in [5, 5.41) is 6.92. The normalized spacial score (nSPS) is 18.2. The van der Waals surface area contributed by atoms with Crippen LogP contribution in [0.5, 0.6) is 0 Å². The van der Waals surface area contributed by atoms with Gasteiger partial charge in [0, 0.05) is 36.3 Å². The van der Waals surface area contributed by atoms with Gasteiger partial charge in [-0.05, 0) is 62.9 Å². The van der Waals surface area contributed by atoms with Gasteiger partial charge in [-0.2, -0.15) is 0 Å². The number of Topliss-reactive ketones (excluding diaryl/α,β-unsaturated/α-hetero) is 1. The van der Waals surface area contributed by atoms with Crippen LogP contribution in [0.3, 0.4) is 0 Å². The Balaban J connectivity index is 1.49. The van der Waals surface area contributed by atoms with Crippen molar-refractivity contribution in [3.63, 3.8) is 0 Å². The number of rotatable bonds is 6. The molecule has 1 saturated carbocycles. The largest absolute Gasteiger partial charge is 0.351 e. The van der Waals surface area contributed by atoms with Gasteiger partial charge in [0.15, 0.2) is 11.6 Å². The van der Waals surface area contributed by atoms with E-state index < -0.39 is 0 Å². The molecule has 8 heteroatoms. The number of ketones is 1. The molecule has 0 aliphatic heterocycles. The Bertz CT molecular complexity index is 1340. The summed E-state index contributed by atoms with van der Waals surface area (Å²) >= 11 is 0. The van der Waals surface area contributed by atoms with E-state index in [1.165, 1.54) is 0 Å². The third-order valence-corrected chi connectivity index (χ3v) is 6.43. The molecule has 0 saturated heterocycles. The Morgan fingerprint density at radius 1 is 1.18 bits per heavy atom. The number of amides is 1. The lowest BCUT2D eigenvalue weighted by Crippen LogP contribution is -2.38. The van der Waals surface area contributed by atoms with Crippen molar-refractivity contribution in [2.45, 2.75) is 58.0 Å². The van der Waals surface area contributed by atoms with Gasteiger partial charge in [-0.3, -0.25) is 14.6 Å². The zero-order chi connectivity index (χ0) is 23.7. The van der Waals surface area contributed by atoms with Crippen LogP contribution in [0.25, 0.3) is 22.6 Å². The van der Waals surface area contributed by atoms with Gasteiger partial charge < -0.3 is 14.4 Å². The third kappa shape index (κ3) is 4.23. The number of pyridine rings is 1. The molecule has 3 heterocycles. The molecule has 1 aliphatic carbocycles. The lowest BCUT2D eigenvalue weighted by molar-refractivity contribution is 0.0883. The van der Waals surface area contributed by atoms with Crippen molar-refractivity contribution in [1.29, 1.82) is 0 Å². The van der Waals surface area contributed by atoms with Crippen molar-refractivity contribution in [3.8, 4) is 11.5 Å². The topological polar surface area (TPSA) is 103 Å². The molecule has 5 rings (SSSR count). The van der Waals surface area contributed by atoms with Crippen molar-refractivity contribution in [1.82, 2.24) is 25.0 Å². The smallest absolute Gasteiger partial charge is 0.290 e. The first kappa shape index (κ1) is 22.0. The molecule has 1 fully saturated rings. The Morgan fingerprint density at radius 3 is 2.79 bits per heavy atom. The van der Waals surface area contributed by atoms with Crippen LogP contribution < -0.4 is 5.32 Å². The molecule has 2 unspecified atom stereocenters. The zero-order valence-electron chi connectivity index (χ0n) is 19.3. The van der Waals surface area contributed by atoms with E-state index in [9.17, 15) is 9.59 Å². The number of carbonyl (C=O) groups excluding carboxylic acids is 2. The third-order valence-electron chi connectivity index (χ3n) is 6.43. The number of aryl methyl sites for hydroxylation is 1. The number of benzene rings is 1. The van der Waals surface area contributed by atoms with Crippen molar-refractivity contribution in [3.05, 3.63) is 65.7 Å². The fourth-order valence-electron chi connectivity index (χ4n) is 4.78. The molecule has 0 radical (unpaired) electrons. The maximum absolute atomic E-state index is 12.6. The highest BCUT2D eigenvalue weighted by molar-refractivity contribution is 5.99. The van der Waals surface area contributed by atoms with E-state index in [4.69, 9.17) is 9.51 Å². The second-order valence-corrected chi connectivity index (χ2v) is 8.82. The average Bonchev–Trinajstić information content (AvgIpc) is 3.47. The van der Waals surface area contributed by atoms with E-state index in [2.05, 4.69) is 20.0 Å². The van der Waals surface area contributed by atoms with E-state index in [-0.39, 0.29) is 29.5 Å². The molecule has 1 aliphatic rings. The molecule has 8 nitrogen and oxygen atoms in total. The van der Waals surface area contributed by atoms with Crippen LogP contribution in [0, 0.1) is 6.92 Å². The van der Waals surface area contributed by atoms with Crippen LogP contribution in [0.4, 0.5) is 0 Å². The summed E-state index contributed by atoms with van der Waals surface area (Å²) in [6, 6.07) is 13.3. The minimum Gasteiger partial charge on any atom is -0.351 e. The second kappa shape index (κ2) is 9.21. The van der Waals surface area contributed by atoms with Crippen molar-refractivity contribution >= 4 is 22.7 Å². The van der Waals surface area contributed by atoms with Crippen molar-refractivity contribution in [2.24, 2.45) is 0 Å². The average molecular weight is 458 g/mol. The number of hydrogen-bond acceptors (Lipinski definition) is 6. The molecule has 1 aromatic carbocycles. The van der Waals surface area contributed by atoms with Gasteiger partial charge in [0.25, 0.3) is 5.91 Å². The highest BCUT2D eigenvalue weighted by Gasteiger charge is 2.29. The minimum absolute atomic E-state index is 0.00614. The van der Waals surface area contributed by atoms with E-state index in [1.54, 1.807) is 19.2 Å². The molecule has 0 spiro atoms. The fraction of sp³-hybridized carbons (Fsp3) is 0.346. The molecule has 34 heavy (non-hydrogen) atoms. The molecule has 1 N–H and O–H groups in total. The Labute approximate surface area is 197 Å². The maximum atomic E-state index is 12.6. The Kier molecular flexibility index (Phi) is 5.96. The lowest BCUT2D eigenvalue weighted by Gasteiger charge is -2.31. The quantitative estimate of drug-likeness (QED) is 0.413. The van der Waals surface area contributed by atoms with Gasteiger partial charge in [0.05, 0.1) is 16.7 Å². The molecule has 0 bridgehead atoms. The first-order valence-electron chi connectivity index (χ1n) is 11.7. The number of aromatic nitrogens is 4. The van der Waals surface area contributed by atoms with Gasteiger partial charge in [-0.15, -0.1) is 0 Å². The van der Waals surface area contributed by atoms with Crippen LogP contribution in [0.15, 0.2) is 53.2 Å². The van der Waals surface area contributed by atoms with Crippen LogP contribution in [-0.4, -0.2) is 37.4 Å². The second-order valence-electron chi connectivity index (χ2n) is 8.82. The number of fused-ring (bicyclic) bond motifs is 1. The number of hydrogen-bond donors (Lipinski definition) is 1. The first-order chi connectivity index (χ1) is 16.5. The lowest BCUT2D eigenvalue weighted by atomic mass is 9.90. The Hall–Kier alpha value is -3.81. The summed E-state index contributed by atoms with van der Waals surface area (Å²) in [7, 11) is 0. The molecule has 2 atom stereocenters. The van der Waals surface area contributed by atoms with E-state index >= 15 is 0 Å². The zero-order valence-corrected chi connectivity index (χ0v) is 19.3. The predicted molar refractivity (Wildman–Crippen MR) is 128 cm³/mol. The highest BCUT2D eigenvalue weighted by Crippen LogP contribution is 2.36. The summed E-state index contributed by atoms with van der Waals surface area (Å²) in [5.74, 6) is 0.864. The van der Waals surface area contributed by atoms with E-state index in [0.29, 0.717) is 17.7 Å². The van der Waals surface area contributed by atoms with Crippen LogP contribution >= 0.6 is 0 Å². The first-order valence-corrected chi connectivity index (χ1v) is 11.7. The highest BCUT2D eigenvalue weighted by atomic mass is 16.5. The van der Waals surface area contributed by atoms with Gasteiger partial charge in [-0.25, -0.2) is 4.98 Å². The summed E-state index contributed by atoms with van der Waals surface area (Å²) in [6.45, 7) is 3.65. The summed E-state index contributed by atoms with van der Waals surface area (Å²) in [5.41, 5.74) is 3.88. The SMILES string of the molecule is CCC(=O)c1ccc2c(c1)nc(-c1ccccn1)n2C1CCCC(NC(=O)c2cc(C)no2)C1. The van der Waals surface area contributed by atoms with Crippen molar-refractivity contribution < 1.29 is 14.1 Å². The Morgan fingerprint density at radius 2 is 2.06 bits per heavy atom. The summed E-state index contributed by atoms with van der Waals surface area (Å²) in [4.78, 5) is 34.4. The molecule has 174 valence electrons. The van der Waals surface area contributed by atoms with E-state index in [1.807, 2.05) is 43.3 Å². The predicted octanol–water partition coefficient (Wildman–Crippen LogP) is 4.90. The summed E-state index contributed by atoms with van der Waals surface area (Å²) < 4.78 is 7.36.